The van der Waals surface area contributed by atoms with Crippen LogP contribution in [0, 0.1) is 0 Å². The molecular weight excluding hydrogens is 361 g/mol. The molecule has 1 fully saturated rings. The molecule has 0 bridgehead atoms. The maximum atomic E-state index is 14.7. The number of nitrogens with one attached hydrogen (secondary N) is 1. The van der Waals surface area contributed by atoms with Gasteiger partial charge in [0.05, 0.1) is 25.6 Å². The molecule has 0 unspecified atom stereocenters. The summed E-state index contributed by atoms with van der Waals surface area (Å²) in [4.78, 5) is 16.6. The van der Waals surface area contributed by atoms with Crippen molar-refractivity contribution in [2.24, 2.45) is 0 Å². The van der Waals surface area contributed by atoms with Crippen molar-refractivity contribution < 1.29 is 13.9 Å². The summed E-state index contributed by atoms with van der Waals surface area (Å²) in [6, 6.07) is 5.35. The van der Waals surface area contributed by atoms with Crippen molar-refractivity contribution in [3.63, 3.8) is 0 Å². The van der Waals surface area contributed by atoms with Crippen LogP contribution in [0.1, 0.15) is 12.8 Å². The lowest BCUT2D eigenvalue weighted by Gasteiger charge is -2.27. The number of fused-ring (bicyclic) bond motifs is 1. The van der Waals surface area contributed by atoms with E-state index in [-0.39, 0.29) is 26.1 Å². The number of imidazole rings is 1. The third-order valence-electron chi connectivity index (χ3n) is 4.34. The third-order valence-corrected chi connectivity index (χ3v) is 4.53. The van der Waals surface area contributed by atoms with Gasteiger partial charge in [0.1, 0.15) is 5.65 Å². The fraction of sp³-hybridized carbons (Fsp3) is 0.294. The SMILES string of the molecule is O=C(Nc1cn2cc(-c3cnnc(Cl)c3)ccc2n1)C1(F)CCOCC1. The lowest BCUT2D eigenvalue weighted by atomic mass is 9.95. The maximum absolute atomic E-state index is 14.7. The highest BCUT2D eigenvalue weighted by Gasteiger charge is 2.40. The lowest BCUT2D eigenvalue weighted by Crippen LogP contribution is -2.43. The number of carbonyl (C=O) groups is 1. The minimum absolute atomic E-state index is 0.0478. The van der Waals surface area contributed by atoms with Gasteiger partial charge in [-0.3, -0.25) is 4.79 Å². The van der Waals surface area contributed by atoms with Crippen LogP contribution in [-0.2, 0) is 9.53 Å². The molecule has 0 atom stereocenters. The van der Waals surface area contributed by atoms with Crippen molar-refractivity contribution in [1.29, 1.82) is 0 Å². The van der Waals surface area contributed by atoms with Gasteiger partial charge in [0.2, 0.25) is 0 Å². The summed E-state index contributed by atoms with van der Waals surface area (Å²) in [7, 11) is 0. The van der Waals surface area contributed by atoms with Crippen molar-refractivity contribution in [2.75, 3.05) is 18.5 Å². The molecule has 0 aliphatic carbocycles. The second-order valence-electron chi connectivity index (χ2n) is 6.11. The van der Waals surface area contributed by atoms with Crippen molar-refractivity contribution in [2.45, 2.75) is 18.5 Å². The Labute approximate surface area is 153 Å². The van der Waals surface area contributed by atoms with Gasteiger partial charge in [-0.1, -0.05) is 11.6 Å². The molecule has 134 valence electrons. The predicted molar refractivity (Wildman–Crippen MR) is 93.7 cm³/mol. The number of ether oxygens (including phenoxy) is 1. The van der Waals surface area contributed by atoms with Gasteiger partial charge in [0.15, 0.2) is 16.6 Å². The van der Waals surface area contributed by atoms with Crippen molar-refractivity contribution in [3.8, 4) is 11.1 Å². The zero-order valence-corrected chi connectivity index (χ0v) is 14.4. The van der Waals surface area contributed by atoms with Gasteiger partial charge >= 0.3 is 0 Å². The number of pyridine rings is 1. The largest absolute Gasteiger partial charge is 0.381 e. The number of nitrogens with zero attached hydrogens (tertiary/aromatic N) is 4. The summed E-state index contributed by atoms with van der Waals surface area (Å²) in [5.74, 6) is -0.393. The van der Waals surface area contributed by atoms with Crippen LogP contribution < -0.4 is 5.32 Å². The monoisotopic (exact) mass is 375 g/mol. The number of hydrogen-bond acceptors (Lipinski definition) is 5. The number of anilines is 1. The first-order valence-electron chi connectivity index (χ1n) is 8.09. The molecule has 7 nitrogen and oxygen atoms in total. The molecule has 0 radical (unpaired) electrons. The molecule has 0 saturated carbocycles. The van der Waals surface area contributed by atoms with Crippen LogP contribution in [0.15, 0.2) is 36.8 Å². The van der Waals surface area contributed by atoms with Crippen LogP contribution >= 0.6 is 11.6 Å². The van der Waals surface area contributed by atoms with E-state index >= 15 is 0 Å². The van der Waals surface area contributed by atoms with Gasteiger partial charge in [0, 0.05) is 30.2 Å². The Bertz CT molecular complexity index is 971. The second-order valence-corrected chi connectivity index (χ2v) is 6.50. The fourth-order valence-corrected chi connectivity index (χ4v) is 3.03. The topological polar surface area (TPSA) is 81.4 Å². The van der Waals surface area contributed by atoms with Crippen LogP contribution in [-0.4, -0.2) is 44.4 Å². The molecule has 0 spiro atoms. The molecule has 3 aromatic rings. The molecule has 4 heterocycles. The highest BCUT2D eigenvalue weighted by Crippen LogP contribution is 2.27. The minimum Gasteiger partial charge on any atom is -0.381 e. The summed E-state index contributed by atoms with van der Waals surface area (Å²) in [5, 5.41) is 10.4. The highest BCUT2D eigenvalue weighted by atomic mass is 35.5. The van der Waals surface area contributed by atoms with Gasteiger partial charge in [-0.2, -0.15) is 5.10 Å². The van der Waals surface area contributed by atoms with Crippen molar-refractivity contribution >= 4 is 29.0 Å². The predicted octanol–water partition coefficient (Wildman–Crippen LogP) is 2.90. The number of hydrogen-bond donors (Lipinski definition) is 1. The van der Waals surface area contributed by atoms with E-state index in [0.717, 1.165) is 11.1 Å². The maximum Gasteiger partial charge on any atom is 0.263 e. The van der Waals surface area contributed by atoms with E-state index in [1.54, 1.807) is 28.9 Å². The quantitative estimate of drug-likeness (QED) is 0.761. The van der Waals surface area contributed by atoms with E-state index in [1.165, 1.54) is 0 Å². The molecule has 4 rings (SSSR count). The van der Waals surface area contributed by atoms with E-state index in [9.17, 15) is 9.18 Å². The van der Waals surface area contributed by atoms with Gasteiger partial charge in [-0.05, 0) is 18.2 Å². The van der Waals surface area contributed by atoms with Crippen LogP contribution in [0.2, 0.25) is 5.15 Å². The van der Waals surface area contributed by atoms with Gasteiger partial charge in [-0.25, -0.2) is 9.37 Å². The average Bonchev–Trinajstić information content (AvgIpc) is 3.03. The summed E-state index contributed by atoms with van der Waals surface area (Å²) >= 11 is 5.88. The molecular formula is C17H15ClFN5O2. The number of rotatable bonds is 3. The summed E-state index contributed by atoms with van der Waals surface area (Å²) in [6.07, 6.45) is 5.16. The average molecular weight is 376 g/mol. The molecule has 3 aromatic heterocycles. The Morgan fingerprint density at radius 3 is 2.85 bits per heavy atom. The van der Waals surface area contributed by atoms with E-state index in [4.69, 9.17) is 16.3 Å². The zero-order valence-electron chi connectivity index (χ0n) is 13.7. The fourth-order valence-electron chi connectivity index (χ4n) is 2.87. The van der Waals surface area contributed by atoms with E-state index in [1.807, 2.05) is 12.3 Å². The number of carbonyl (C=O) groups excluding carboxylic acids is 1. The standard InChI is InChI=1S/C17H15ClFN5O2/c18-13-7-12(8-20-23-13)11-1-2-15-21-14(10-24(15)9-11)22-16(25)17(19)3-5-26-6-4-17/h1-2,7-10H,3-6H2,(H,22,25). The van der Waals surface area contributed by atoms with E-state index in [0.29, 0.717) is 16.6 Å². The lowest BCUT2D eigenvalue weighted by molar-refractivity contribution is -0.133. The van der Waals surface area contributed by atoms with Gasteiger partial charge in [0.25, 0.3) is 5.91 Å². The molecule has 1 saturated heterocycles. The number of halogens is 2. The number of amides is 1. The summed E-state index contributed by atoms with van der Waals surface area (Å²) in [6.45, 7) is 0.474. The number of alkyl halides is 1. The third kappa shape index (κ3) is 3.25. The van der Waals surface area contributed by atoms with E-state index < -0.39 is 11.6 Å². The molecule has 26 heavy (non-hydrogen) atoms. The molecule has 0 aromatic carbocycles. The normalized spacial score (nSPS) is 16.5. The van der Waals surface area contributed by atoms with Crippen LogP contribution in [0.5, 0.6) is 0 Å². The van der Waals surface area contributed by atoms with E-state index in [2.05, 4.69) is 20.5 Å². The van der Waals surface area contributed by atoms with Crippen molar-refractivity contribution in [3.05, 3.63) is 41.9 Å². The number of aromatic nitrogens is 4. The first kappa shape index (κ1) is 16.9. The Hall–Kier alpha value is -2.58. The van der Waals surface area contributed by atoms with Crippen molar-refractivity contribution in [1.82, 2.24) is 19.6 Å². The summed E-state index contributed by atoms with van der Waals surface area (Å²) < 4.78 is 21.5. The van der Waals surface area contributed by atoms with Gasteiger partial charge < -0.3 is 14.5 Å². The smallest absolute Gasteiger partial charge is 0.263 e. The second kappa shape index (κ2) is 6.62. The molecule has 1 N–H and O–H groups in total. The Morgan fingerprint density at radius 1 is 1.27 bits per heavy atom. The molecule has 1 aliphatic rings. The molecule has 1 aliphatic heterocycles. The van der Waals surface area contributed by atoms with Crippen LogP contribution in [0.3, 0.4) is 0 Å². The van der Waals surface area contributed by atoms with Gasteiger partial charge in [-0.15, -0.1) is 5.10 Å². The van der Waals surface area contributed by atoms with Crippen LogP contribution in [0.4, 0.5) is 10.2 Å². The Morgan fingerprint density at radius 2 is 2.08 bits per heavy atom. The Kier molecular flexibility index (Phi) is 4.29. The van der Waals surface area contributed by atoms with Crippen LogP contribution in [0.25, 0.3) is 16.8 Å². The summed E-state index contributed by atoms with van der Waals surface area (Å²) in [5.41, 5.74) is 0.364. The first-order chi connectivity index (χ1) is 12.5. The zero-order chi connectivity index (χ0) is 18.1. The molecule has 1 amide bonds. The minimum atomic E-state index is -1.92. The Balaban J connectivity index is 1.59. The molecule has 9 heteroatoms. The first-order valence-corrected chi connectivity index (χ1v) is 8.47. The highest BCUT2D eigenvalue weighted by molar-refractivity contribution is 6.29.